The van der Waals surface area contributed by atoms with E-state index in [0.29, 0.717) is 5.56 Å². The first-order valence-electron chi connectivity index (χ1n) is 6.51. The lowest BCUT2D eigenvalue weighted by atomic mass is 10.2. The topological polar surface area (TPSA) is 49.6 Å². The Morgan fingerprint density at radius 1 is 1.29 bits per heavy atom. The number of aromatic nitrogens is 2. The van der Waals surface area contributed by atoms with Gasteiger partial charge in [-0.05, 0) is 37.1 Å². The molecule has 2 heterocycles. The zero-order valence-electron chi connectivity index (χ0n) is 11.8. The molecule has 5 heteroatoms. The molecule has 0 radical (unpaired) electrons. The molecule has 0 N–H and O–H groups in total. The van der Waals surface area contributed by atoms with Crippen LogP contribution in [0.1, 0.15) is 21.6 Å². The summed E-state index contributed by atoms with van der Waals surface area (Å²) >= 11 is 3.41. The Morgan fingerprint density at radius 2 is 2.14 bits per heavy atom. The Labute approximate surface area is 131 Å². The first-order chi connectivity index (χ1) is 10.2. The maximum atomic E-state index is 8.95. The van der Waals surface area contributed by atoms with E-state index in [1.54, 1.807) is 29.4 Å². The Hall–Kier alpha value is -1.90. The number of thiophene rings is 1. The van der Waals surface area contributed by atoms with Crippen LogP contribution in [0.15, 0.2) is 35.6 Å². The van der Waals surface area contributed by atoms with Crippen molar-refractivity contribution in [1.29, 1.82) is 5.26 Å². The van der Waals surface area contributed by atoms with Crippen LogP contribution in [0.5, 0.6) is 0 Å². The Kier molecular flexibility index (Phi) is 3.91. The van der Waals surface area contributed by atoms with Gasteiger partial charge in [-0.3, -0.25) is 0 Å². The molecule has 0 aliphatic carbocycles. The van der Waals surface area contributed by atoms with Crippen molar-refractivity contribution in [3.05, 3.63) is 52.2 Å². The fourth-order valence-electron chi connectivity index (χ4n) is 2.14. The smallest absolute Gasteiger partial charge is 0.128 e. The van der Waals surface area contributed by atoms with Crippen LogP contribution in [0.2, 0.25) is 0 Å². The maximum Gasteiger partial charge on any atom is 0.128 e. The first-order valence-corrected chi connectivity index (χ1v) is 8.32. The molecule has 0 spiro atoms. The minimum Gasteiger partial charge on any atom is -0.229 e. The van der Waals surface area contributed by atoms with Gasteiger partial charge in [0.2, 0.25) is 0 Å². The van der Waals surface area contributed by atoms with Crippen molar-refractivity contribution in [3.8, 4) is 6.07 Å². The van der Waals surface area contributed by atoms with Gasteiger partial charge in [0, 0.05) is 16.0 Å². The summed E-state index contributed by atoms with van der Waals surface area (Å²) < 4.78 is 0. The number of benzene rings is 1. The SMILES string of the molecule is Cc1sc2ncnc(SCc3cccc(C#N)c3)c2c1C. The molecule has 3 rings (SSSR count). The average Bonchev–Trinajstić information content (AvgIpc) is 2.81. The highest BCUT2D eigenvalue weighted by Crippen LogP contribution is 2.35. The van der Waals surface area contributed by atoms with Gasteiger partial charge in [-0.2, -0.15) is 5.26 Å². The molecule has 1 aromatic carbocycles. The Bertz CT molecular complexity index is 846. The molecular weight excluding hydrogens is 298 g/mol. The van der Waals surface area contributed by atoms with Crippen LogP contribution in [0, 0.1) is 25.2 Å². The van der Waals surface area contributed by atoms with Crippen LogP contribution >= 0.6 is 23.1 Å². The third-order valence-corrected chi connectivity index (χ3v) is 5.54. The first kappa shape index (κ1) is 14.1. The molecule has 2 aromatic heterocycles. The fourth-order valence-corrected chi connectivity index (χ4v) is 4.20. The maximum absolute atomic E-state index is 8.95. The zero-order chi connectivity index (χ0) is 14.8. The predicted octanol–water partition coefficient (Wildman–Crippen LogP) is 4.47. The number of rotatable bonds is 3. The molecule has 0 saturated heterocycles. The quantitative estimate of drug-likeness (QED) is 0.529. The van der Waals surface area contributed by atoms with E-state index in [-0.39, 0.29) is 0 Å². The summed E-state index contributed by atoms with van der Waals surface area (Å²) in [6, 6.07) is 9.89. The Morgan fingerprint density at radius 3 is 2.95 bits per heavy atom. The lowest BCUT2D eigenvalue weighted by molar-refractivity contribution is 1.10. The standard InChI is InChI=1S/C16H13N3S2/c1-10-11(2)21-16-14(10)15(18-9-19-16)20-8-13-5-3-4-12(6-13)7-17/h3-6,9H,8H2,1-2H3. The molecule has 3 nitrogen and oxygen atoms in total. The number of fused-ring (bicyclic) bond motifs is 1. The molecule has 21 heavy (non-hydrogen) atoms. The molecule has 0 bridgehead atoms. The van der Waals surface area contributed by atoms with Crippen molar-refractivity contribution >= 4 is 33.3 Å². The van der Waals surface area contributed by atoms with Crippen molar-refractivity contribution < 1.29 is 0 Å². The molecule has 0 atom stereocenters. The molecule has 0 saturated carbocycles. The van der Waals surface area contributed by atoms with Crippen molar-refractivity contribution in [1.82, 2.24) is 9.97 Å². The molecule has 0 amide bonds. The van der Waals surface area contributed by atoms with Gasteiger partial charge >= 0.3 is 0 Å². The van der Waals surface area contributed by atoms with E-state index in [1.807, 2.05) is 24.3 Å². The van der Waals surface area contributed by atoms with Crippen molar-refractivity contribution in [3.63, 3.8) is 0 Å². The summed E-state index contributed by atoms with van der Waals surface area (Å²) in [7, 11) is 0. The summed E-state index contributed by atoms with van der Waals surface area (Å²) in [6.45, 7) is 4.24. The molecular formula is C16H13N3S2. The molecule has 3 aromatic rings. The minimum absolute atomic E-state index is 0.698. The van der Waals surface area contributed by atoms with Crippen molar-refractivity contribution in [2.45, 2.75) is 24.6 Å². The van der Waals surface area contributed by atoms with Gasteiger partial charge in [-0.15, -0.1) is 23.1 Å². The monoisotopic (exact) mass is 311 g/mol. The van der Waals surface area contributed by atoms with E-state index in [2.05, 4.69) is 29.9 Å². The van der Waals surface area contributed by atoms with E-state index in [0.717, 1.165) is 21.2 Å². The van der Waals surface area contributed by atoms with Gasteiger partial charge in [-0.1, -0.05) is 12.1 Å². The number of nitrogens with zero attached hydrogens (tertiary/aromatic N) is 3. The summed E-state index contributed by atoms with van der Waals surface area (Å²) in [5, 5.41) is 11.1. The number of hydrogen-bond donors (Lipinski definition) is 0. The summed E-state index contributed by atoms with van der Waals surface area (Å²) in [4.78, 5) is 11.1. The number of nitriles is 1. The van der Waals surface area contributed by atoms with Gasteiger partial charge in [0.25, 0.3) is 0 Å². The van der Waals surface area contributed by atoms with Gasteiger partial charge in [0.05, 0.1) is 11.6 Å². The molecule has 0 aliphatic heterocycles. The Balaban J connectivity index is 1.90. The fraction of sp³-hybridized carbons (Fsp3) is 0.188. The largest absolute Gasteiger partial charge is 0.229 e. The van der Waals surface area contributed by atoms with Crippen LogP contribution in [-0.2, 0) is 5.75 Å². The molecule has 0 unspecified atom stereocenters. The molecule has 0 aliphatic rings. The number of aryl methyl sites for hydroxylation is 2. The van der Waals surface area contributed by atoms with E-state index in [9.17, 15) is 0 Å². The van der Waals surface area contributed by atoms with E-state index < -0.39 is 0 Å². The van der Waals surface area contributed by atoms with E-state index in [4.69, 9.17) is 5.26 Å². The number of thioether (sulfide) groups is 1. The van der Waals surface area contributed by atoms with Crippen LogP contribution < -0.4 is 0 Å². The zero-order valence-corrected chi connectivity index (χ0v) is 13.4. The van der Waals surface area contributed by atoms with Crippen LogP contribution in [-0.4, -0.2) is 9.97 Å². The van der Waals surface area contributed by atoms with Gasteiger partial charge in [-0.25, -0.2) is 9.97 Å². The molecule has 0 fully saturated rings. The van der Waals surface area contributed by atoms with E-state index >= 15 is 0 Å². The van der Waals surface area contributed by atoms with Crippen molar-refractivity contribution in [2.24, 2.45) is 0 Å². The van der Waals surface area contributed by atoms with Crippen LogP contribution in [0.3, 0.4) is 0 Å². The minimum atomic E-state index is 0.698. The van der Waals surface area contributed by atoms with E-state index in [1.165, 1.54) is 15.8 Å². The molecule has 104 valence electrons. The number of hydrogen-bond acceptors (Lipinski definition) is 5. The normalized spacial score (nSPS) is 10.7. The second-order valence-electron chi connectivity index (χ2n) is 4.74. The third kappa shape index (κ3) is 2.78. The van der Waals surface area contributed by atoms with Gasteiger partial charge < -0.3 is 0 Å². The highest BCUT2D eigenvalue weighted by Gasteiger charge is 2.12. The summed E-state index contributed by atoms with van der Waals surface area (Å²) in [6.07, 6.45) is 1.63. The summed E-state index contributed by atoms with van der Waals surface area (Å²) in [5.41, 5.74) is 3.10. The van der Waals surface area contributed by atoms with Gasteiger partial charge in [0.1, 0.15) is 16.2 Å². The highest BCUT2D eigenvalue weighted by atomic mass is 32.2. The highest BCUT2D eigenvalue weighted by molar-refractivity contribution is 7.98. The van der Waals surface area contributed by atoms with Gasteiger partial charge in [0.15, 0.2) is 0 Å². The second-order valence-corrected chi connectivity index (χ2v) is 6.91. The van der Waals surface area contributed by atoms with Crippen molar-refractivity contribution in [2.75, 3.05) is 0 Å². The average molecular weight is 311 g/mol. The second kappa shape index (κ2) is 5.84. The van der Waals surface area contributed by atoms with Crippen LogP contribution in [0.25, 0.3) is 10.2 Å². The summed E-state index contributed by atoms with van der Waals surface area (Å²) in [5.74, 6) is 0.802. The lowest BCUT2D eigenvalue weighted by Gasteiger charge is -2.04. The lowest BCUT2D eigenvalue weighted by Crippen LogP contribution is -1.87. The van der Waals surface area contributed by atoms with Crippen LogP contribution in [0.4, 0.5) is 0 Å². The third-order valence-electron chi connectivity index (χ3n) is 3.36. The predicted molar refractivity (Wildman–Crippen MR) is 87.6 cm³/mol.